The third-order valence-electron chi connectivity index (χ3n) is 5.00. The normalized spacial score (nSPS) is 11.7. The molecule has 4 aromatic rings. The van der Waals surface area contributed by atoms with E-state index < -0.39 is 27.6 Å². The number of aryl methyl sites for hydroxylation is 1. The van der Waals surface area contributed by atoms with Gasteiger partial charge in [0, 0.05) is 29.6 Å². The van der Waals surface area contributed by atoms with E-state index in [1.54, 1.807) is 30.3 Å². The molecule has 5 nitrogen and oxygen atoms in total. The van der Waals surface area contributed by atoms with E-state index in [1.165, 1.54) is 30.5 Å². The number of nitrogens with zero attached hydrogens (tertiary/aromatic N) is 1. The number of aromatic nitrogens is 1. The van der Waals surface area contributed by atoms with Gasteiger partial charge in [0.05, 0.1) is 10.4 Å². The van der Waals surface area contributed by atoms with Crippen molar-refractivity contribution in [3.63, 3.8) is 0 Å². The SMILES string of the molecule is O=C(O)CCc1cn(S(=O)(=O)c2cccc(-c3ccc(F)cc3F)c2)c2ccccc12. The minimum atomic E-state index is -4.06. The first-order valence-electron chi connectivity index (χ1n) is 9.39. The molecule has 0 unspecified atom stereocenters. The highest BCUT2D eigenvalue weighted by molar-refractivity contribution is 7.90. The zero-order valence-corrected chi connectivity index (χ0v) is 16.9. The highest BCUT2D eigenvalue weighted by atomic mass is 32.2. The van der Waals surface area contributed by atoms with Gasteiger partial charge < -0.3 is 5.11 Å². The largest absolute Gasteiger partial charge is 0.481 e. The second kappa shape index (κ2) is 7.96. The second-order valence-corrected chi connectivity index (χ2v) is 8.83. The Morgan fingerprint density at radius 3 is 2.48 bits per heavy atom. The highest BCUT2D eigenvalue weighted by Gasteiger charge is 2.22. The van der Waals surface area contributed by atoms with Gasteiger partial charge in [-0.25, -0.2) is 21.2 Å². The predicted molar refractivity (Wildman–Crippen MR) is 112 cm³/mol. The molecule has 0 aliphatic rings. The fourth-order valence-electron chi connectivity index (χ4n) is 3.52. The summed E-state index contributed by atoms with van der Waals surface area (Å²) in [5, 5.41) is 9.64. The van der Waals surface area contributed by atoms with Crippen LogP contribution < -0.4 is 0 Å². The smallest absolute Gasteiger partial charge is 0.303 e. The first-order chi connectivity index (χ1) is 14.8. The van der Waals surface area contributed by atoms with Gasteiger partial charge in [-0.3, -0.25) is 4.79 Å². The summed E-state index contributed by atoms with van der Waals surface area (Å²) in [5.74, 6) is -2.50. The van der Waals surface area contributed by atoms with Crippen LogP contribution in [-0.2, 0) is 21.2 Å². The van der Waals surface area contributed by atoms with Gasteiger partial charge in [-0.05, 0) is 47.9 Å². The maximum absolute atomic E-state index is 14.2. The van der Waals surface area contributed by atoms with E-state index in [4.69, 9.17) is 5.11 Å². The Morgan fingerprint density at radius 2 is 1.74 bits per heavy atom. The van der Waals surface area contributed by atoms with E-state index >= 15 is 0 Å². The molecule has 1 aromatic heterocycles. The fraction of sp³-hybridized carbons (Fsp3) is 0.0870. The average Bonchev–Trinajstić information content (AvgIpc) is 3.12. The third kappa shape index (κ3) is 3.94. The van der Waals surface area contributed by atoms with Crippen molar-refractivity contribution >= 4 is 26.9 Å². The quantitative estimate of drug-likeness (QED) is 0.465. The molecular weight excluding hydrogens is 424 g/mol. The van der Waals surface area contributed by atoms with E-state index in [9.17, 15) is 22.0 Å². The van der Waals surface area contributed by atoms with Gasteiger partial charge in [-0.1, -0.05) is 30.3 Å². The van der Waals surface area contributed by atoms with Crippen molar-refractivity contribution in [2.45, 2.75) is 17.7 Å². The van der Waals surface area contributed by atoms with Crippen LogP contribution in [0, 0.1) is 11.6 Å². The average molecular weight is 441 g/mol. The van der Waals surface area contributed by atoms with Crippen LogP contribution in [0.3, 0.4) is 0 Å². The molecule has 0 aliphatic heterocycles. The fourth-order valence-corrected chi connectivity index (χ4v) is 4.96. The molecule has 0 fully saturated rings. The van der Waals surface area contributed by atoms with Crippen LogP contribution in [-0.4, -0.2) is 23.5 Å². The summed E-state index contributed by atoms with van der Waals surface area (Å²) in [5.41, 5.74) is 1.39. The van der Waals surface area contributed by atoms with Crippen molar-refractivity contribution < 1.29 is 27.1 Å². The van der Waals surface area contributed by atoms with E-state index in [2.05, 4.69) is 0 Å². The zero-order chi connectivity index (χ0) is 22.2. The number of aliphatic carboxylic acids is 1. The van der Waals surface area contributed by atoms with Crippen molar-refractivity contribution in [3.05, 3.63) is 90.1 Å². The Bertz CT molecular complexity index is 1410. The van der Waals surface area contributed by atoms with E-state index in [0.29, 0.717) is 22.0 Å². The van der Waals surface area contributed by atoms with Crippen LogP contribution >= 0.6 is 0 Å². The van der Waals surface area contributed by atoms with Crippen LogP contribution in [0.5, 0.6) is 0 Å². The molecule has 0 saturated heterocycles. The van der Waals surface area contributed by atoms with Crippen LogP contribution in [0.4, 0.5) is 8.78 Å². The number of fused-ring (bicyclic) bond motifs is 1. The summed E-state index contributed by atoms with van der Waals surface area (Å²) in [6, 6.07) is 15.7. The monoisotopic (exact) mass is 441 g/mol. The minimum Gasteiger partial charge on any atom is -0.481 e. The molecular formula is C23H17F2NO4S. The van der Waals surface area contributed by atoms with Gasteiger partial charge in [-0.2, -0.15) is 0 Å². The summed E-state index contributed by atoms with van der Waals surface area (Å²) in [6.45, 7) is 0. The molecule has 0 amide bonds. The molecule has 0 atom stereocenters. The second-order valence-electron chi connectivity index (χ2n) is 7.02. The predicted octanol–water partition coefficient (Wildman–Crippen LogP) is 4.84. The molecule has 0 aliphatic carbocycles. The number of halogens is 2. The van der Waals surface area contributed by atoms with Crippen molar-refractivity contribution in [2.24, 2.45) is 0 Å². The highest BCUT2D eigenvalue weighted by Crippen LogP contribution is 2.30. The molecule has 1 heterocycles. The number of carboxylic acid groups (broad SMARTS) is 1. The first kappa shape index (κ1) is 20.7. The first-order valence-corrected chi connectivity index (χ1v) is 10.8. The van der Waals surface area contributed by atoms with Gasteiger partial charge in [-0.15, -0.1) is 0 Å². The van der Waals surface area contributed by atoms with Gasteiger partial charge in [0.2, 0.25) is 0 Å². The Hall–Kier alpha value is -3.52. The van der Waals surface area contributed by atoms with Crippen LogP contribution in [0.25, 0.3) is 22.0 Å². The lowest BCUT2D eigenvalue weighted by Gasteiger charge is -2.10. The number of carboxylic acids is 1. The summed E-state index contributed by atoms with van der Waals surface area (Å²) in [7, 11) is -4.06. The third-order valence-corrected chi connectivity index (χ3v) is 6.67. The number of hydrogen-bond acceptors (Lipinski definition) is 3. The molecule has 158 valence electrons. The maximum Gasteiger partial charge on any atom is 0.303 e. The molecule has 3 aromatic carbocycles. The van der Waals surface area contributed by atoms with Crippen LogP contribution in [0.2, 0.25) is 0 Å². The number of carbonyl (C=O) groups is 1. The lowest BCUT2D eigenvalue weighted by atomic mass is 10.1. The Kier molecular flexibility index (Phi) is 5.32. The van der Waals surface area contributed by atoms with Crippen LogP contribution in [0.15, 0.2) is 77.8 Å². The van der Waals surface area contributed by atoms with Gasteiger partial charge in [0.25, 0.3) is 10.0 Å². The van der Waals surface area contributed by atoms with Gasteiger partial charge in [0.1, 0.15) is 11.6 Å². The maximum atomic E-state index is 14.2. The van der Waals surface area contributed by atoms with Crippen molar-refractivity contribution in [1.29, 1.82) is 0 Å². The summed E-state index contributed by atoms with van der Waals surface area (Å²) >= 11 is 0. The standard InChI is InChI=1S/C23H17F2NO4S/c24-17-9-10-19(21(25)13-17)15-4-3-5-18(12-15)31(29,30)26-14-16(8-11-23(27)28)20-6-1-2-7-22(20)26/h1-7,9-10,12-14H,8,11H2,(H,27,28). The van der Waals surface area contributed by atoms with Crippen LogP contribution in [0.1, 0.15) is 12.0 Å². The lowest BCUT2D eigenvalue weighted by Crippen LogP contribution is -2.12. The molecule has 8 heteroatoms. The number of para-hydroxylation sites is 1. The number of benzene rings is 3. The lowest BCUT2D eigenvalue weighted by molar-refractivity contribution is -0.136. The summed E-state index contributed by atoms with van der Waals surface area (Å²) in [6.07, 6.45) is 1.47. The topological polar surface area (TPSA) is 76.4 Å². The van der Waals surface area contributed by atoms with Crippen molar-refractivity contribution in [3.8, 4) is 11.1 Å². The number of hydrogen-bond donors (Lipinski definition) is 1. The molecule has 0 saturated carbocycles. The summed E-state index contributed by atoms with van der Waals surface area (Å²) < 4.78 is 55.4. The number of rotatable bonds is 6. The zero-order valence-electron chi connectivity index (χ0n) is 16.1. The molecule has 4 rings (SSSR count). The molecule has 0 spiro atoms. The van der Waals surface area contributed by atoms with Gasteiger partial charge in [0.15, 0.2) is 0 Å². The molecule has 1 N–H and O–H groups in total. The minimum absolute atomic E-state index is 0.0701. The van der Waals surface area contributed by atoms with E-state index in [1.807, 2.05) is 0 Å². The molecule has 0 bridgehead atoms. The summed E-state index contributed by atoms with van der Waals surface area (Å²) in [4.78, 5) is 10.9. The van der Waals surface area contributed by atoms with E-state index in [0.717, 1.165) is 16.1 Å². The Balaban J connectivity index is 1.83. The van der Waals surface area contributed by atoms with Crippen molar-refractivity contribution in [2.75, 3.05) is 0 Å². The van der Waals surface area contributed by atoms with Crippen molar-refractivity contribution in [1.82, 2.24) is 3.97 Å². The molecule has 31 heavy (non-hydrogen) atoms. The molecule has 0 radical (unpaired) electrons. The van der Waals surface area contributed by atoms with E-state index in [-0.39, 0.29) is 23.3 Å². The Labute approximate surface area is 177 Å². The van der Waals surface area contributed by atoms with Gasteiger partial charge >= 0.3 is 5.97 Å². The Morgan fingerprint density at radius 1 is 0.968 bits per heavy atom.